The molecule has 1 aliphatic rings. The lowest BCUT2D eigenvalue weighted by atomic mass is 9.85. The maximum atomic E-state index is 13.7. The molecule has 4 aromatic carbocycles. The summed E-state index contributed by atoms with van der Waals surface area (Å²) in [6, 6.07) is 26.7. The molecule has 1 unspecified atom stereocenters. The molecule has 1 aromatic heterocycles. The standard InChI is InChI=1S/C37H35NO8/c1-43-27-12-10-24(11-13-27)14-17-45-28-9-5-8-26(20-28)29(21-34(42)38-15-18-44-19-16-38)35-30(39)22-31(40)36-32(41)23-33(46-37(35)36)25-6-3-2-4-7-25/h2-13,20,22-23,29,39-40H,14-19,21H2,1H3. The van der Waals surface area contributed by atoms with Gasteiger partial charge in [-0.1, -0.05) is 54.6 Å². The molecule has 0 bridgehead atoms. The first-order valence-corrected chi connectivity index (χ1v) is 15.2. The number of hydrogen-bond acceptors (Lipinski definition) is 8. The van der Waals surface area contributed by atoms with Gasteiger partial charge in [0.15, 0.2) is 5.43 Å². The van der Waals surface area contributed by atoms with Gasteiger partial charge >= 0.3 is 0 Å². The van der Waals surface area contributed by atoms with E-state index in [0.717, 1.165) is 17.4 Å². The number of benzene rings is 4. The van der Waals surface area contributed by atoms with Crippen molar-refractivity contribution in [3.8, 4) is 34.3 Å². The number of carbonyl (C=O) groups excluding carboxylic acids is 1. The zero-order valence-corrected chi connectivity index (χ0v) is 25.5. The number of ether oxygens (including phenoxy) is 3. The Morgan fingerprint density at radius 2 is 1.65 bits per heavy atom. The minimum Gasteiger partial charge on any atom is -0.507 e. The van der Waals surface area contributed by atoms with Crippen LogP contribution in [-0.2, 0) is 16.0 Å². The first-order valence-electron chi connectivity index (χ1n) is 15.2. The van der Waals surface area contributed by atoms with Crippen molar-refractivity contribution in [3.05, 3.63) is 118 Å². The summed E-state index contributed by atoms with van der Waals surface area (Å²) < 4.78 is 23.1. The van der Waals surface area contributed by atoms with Gasteiger partial charge in [-0.15, -0.1) is 0 Å². The van der Waals surface area contributed by atoms with E-state index in [1.807, 2.05) is 66.7 Å². The zero-order valence-electron chi connectivity index (χ0n) is 25.5. The van der Waals surface area contributed by atoms with Crippen LogP contribution >= 0.6 is 0 Å². The summed E-state index contributed by atoms with van der Waals surface area (Å²) in [7, 11) is 1.63. The van der Waals surface area contributed by atoms with Crippen LogP contribution in [0.5, 0.6) is 23.0 Å². The molecule has 1 amide bonds. The molecule has 6 rings (SSSR count). The molecule has 0 aliphatic carbocycles. The molecular weight excluding hydrogens is 586 g/mol. The van der Waals surface area contributed by atoms with Gasteiger partial charge in [0.25, 0.3) is 0 Å². The number of rotatable bonds is 10. The second-order valence-electron chi connectivity index (χ2n) is 11.1. The van der Waals surface area contributed by atoms with Gasteiger partial charge in [0.05, 0.1) is 26.9 Å². The van der Waals surface area contributed by atoms with E-state index in [9.17, 15) is 19.8 Å². The van der Waals surface area contributed by atoms with Gasteiger partial charge in [-0.3, -0.25) is 9.59 Å². The molecule has 0 saturated carbocycles. The third-order valence-corrected chi connectivity index (χ3v) is 8.23. The Morgan fingerprint density at radius 3 is 2.39 bits per heavy atom. The van der Waals surface area contributed by atoms with Crippen molar-refractivity contribution >= 4 is 16.9 Å². The van der Waals surface area contributed by atoms with Crippen LogP contribution in [0.15, 0.2) is 100 Å². The summed E-state index contributed by atoms with van der Waals surface area (Å²) in [5.74, 6) is 0.0790. The highest BCUT2D eigenvalue weighted by Gasteiger charge is 2.30. The molecule has 5 aromatic rings. The molecule has 0 radical (unpaired) electrons. The highest BCUT2D eigenvalue weighted by atomic mass is 16.5. The minimum absolute atomic E-state index is 0.0226. The fourth-order valence-corrected chi connectivity index (χ4v) is 5.81. The Morgan fingerprint density at radius 1 is 0.891 bits per heavy atom. The maximum Gasteiger partial charge on any atom is 0.223 e. The highest BCUT2D eigenvalue weighted by Crippen LogP contribution is 2.43. The first-order chi connectivity index (χ1) is 22.4. The van der Waals surface area contributed by atoms with Gasteiger partial charge in [0, 0.05) is 55.1 Å². The third kappa shape index (κ3) is 6.69. The minimum atomic E-state index is -0.738. The number of morpholine rings is 1. The lowest BCUT2D eigenvalue weighted by Gasteiger charge is -2.29. The van der Waals surface area contributed by atoms with Crippen LogP contribution in [0, 0.1) is 0 Å². The average molecular weight is 622 g/mol. The monoisotopic (exact) mass is 621 g/mol. The molecule has 9 nitrogen and oxygen atoms in total. The summed E-state index contributed by atoms with van der Waals surface area (Å²) in [5.41, 5.74) is 2.22. The highest BCUT2D eigenvalue weighted by molar-refractivity contribution is 5.91. The summed E-state index contributed by atoms with van der Waals surface area (Å²) in [4.78, 5) is 28.8. The smallest absolute Gasteiger partial charge is 0.223 e. The maximum absolute atomic E-state index is 13.7. The summed E-state index contributed by atoms with van der Waals surface area (Å²) in [6.07, 6.45) is 0.645. The second-order valence-corrected chi connectivity index (χ2v) is 11.1. The van der Waals surface area contributed by atoms with Crippen LogP contribution in [-0.4, -0.2) is 61.0 Å². The fraction of sp³-hybridized carbons (Fsp3) is 0.243. The van der Waals surface area contributed by atoms with E-state index in [2.05, 4.69) is 0 Å². The van der Waals surface area contributed by atoms with Crippen LogP contribution < -0.4 is 14.9 Å². The van der Waals surface area contributed by atoms with Crippen molar-refractivity contribution in [2.75, 3.05) is 40.0 Å². The van der Waals surface area contributed by atoms with Crippen LogP contribution in [0.4, 0.5) is 0 Å². The number of fused-ring (bicyclic) bond motifs is 1. The number of amides is 1. The predicted octanol–water partition coefficient (Wildman–Crippen LogP) is 5.88. The Balaban J connectivity index is 1.40. The van der Waals surface area contributed by atoms with Crippen molar-refractivity contribution < 1.29 is 33.6 Å². The summed E-state index contributed by atoms with van der Waals surface area (Å²) in [5, 5.41) is 22.1. The number of aromatic hydroxyl groups is 2. The van der Waals surface area contributed by atoms with E-state index in [1.54, 1.807) is 24.1 Å². The van der Waals surface area contributed by atoms with Crippen molar-refractivity contribution in [2.24, 2.45) is 0 Å². The fourth-order valence-electron chi connectivity index (χ4n) is 5.81. The molecule has 9 heteroatoms. The van der Waals surface area contributed by atoms with Crippen molar-refractivity contribution in [1.29, 1.82) is 0 Å². The van der Waals surface area contributed by atoms with Gasteiger partial charge in [-0.05, 0) is 35.4 Å². The molecule has 1 atom stereocenters. The Hall–Kier alpha value is -5.28. The molecule has 1 fully saturated rings. The van der Waals surface area contributed by atoms with Crippen molar-refractivity contribution in [2.45, 2.75) is 18.8 Å². The molecule has 2 N–H and O–H groups in total. The number of hydrogen-bond donors (Lipinski definition) is 2. The van der Waals surface area contributed by atoms with Crippen LogP contribution in [0.2, 0.25) is 0 Å². The number of carbonyl (C=O) groups is 1. The first kappa shape index (κ1) is 30.7. The predicted molar refractivity (Wildman–Crippen MR) is 174 cm³/mol. The van der Waals surface area contributed by atoms with Crippen LogP contribution in [0.25, 0.3) is 22.3 Å². The topological polar surface area (TPSA) is 119 Å². The van der Waals surface area contributed by atoms with E-state index >= 15 is 0 Å². The number of nitrogens with zero attached hydrogens (tertiary/aromatic N) is 1. The summed E-state index contributed by atoms with van der Waals surface area (Å²) in [6.45, 7) is 2.20. The van der Waals surface area contributed by atoms with Gasteiger partial charge in [-0.25, -0.2) is 0 Å². The SMILES string of the molecule is COc1ccc(CCOc2cccc(C(CC(=O)N3CCOCC3)c3c(O)cc(O)c4c(=O)cc(-c5ccccc5)oc34)c2)cc1. The van der Waals surface area contributed by atoms with Crippen molar-refractivity contribution in [1.82, 2.24) is 4.90 Å². The largest absolute Gasteiger partial charge is 0.507 e. The molecule has 236 valence electrons. The second kappa shape index (κ2) is 13.8. The van der Waals surface area contributed by atoms with E-state index in [-0.39, 0.29) is 40.4 Å². The van der Waals surface area contributed by atoms with Crippen molar-refractivity contribution in [3.63, 3.8) is 0 Å². The molecule has 46 heavy (non-hydrogen) atoms. The normalized spacial score (nSPS) is 13.8. The molecule has 0 spiro atoms. The molecule has 2 heterocycles. The van der Waals surface area contributed by atoms with Crippen LogP contribution in [0.1, 0.15) is 29.0 Å². The van der Waals surface area contributed by atoms with E-state index in [0.29, 0.717) is 56.2 Å². The van der Waals surface area contributed by atoms with Gasteiger partial charge < -0.3 is 33.7 Å². The van der Waals surface area contributed by atoms with Gasteiger partial charge in [-0.2, -0.15) is 0 Å². The van der Waals surface area contributed by atoms with E-state index < -0.39 is 17.1 Å². The van der Waals surface area contributed by atoms with E-state index in [1.165, 1.54) is 6.07 Å². The molecule has 1 saturated heterocycles. The lowest BCUT2D eigenvalue weighted by molar-refractivity contribution is -0.135. The number of phenols is 2. The molecular formula is C37H35NO8. The number of phenolic OH excluding ortho intramolecular Hbond substituents is 2. The number of methoxy groups -OCH3 is 1. The Labute approximate surface area is 266 Å². The quantitative estimate of drug-likeness (QED) is 0.199. The third-order valence-electron chi connectivity index (χ3n) is 8.23. The van der Waals surface area contributed by atoms with E-state index in [4.69, 9.17) is 18.6 Å². The average Bonchev–Trinajstić information content (AvgIpc) is 3.08. The summed E-state index contributed by atoms with van der Waals surface area (Å²) >= 11 is 0. The Kier molecular flexibility index (Phi) is 9.21. The zero-order chi connectivity index (χ0) is 32.0. The van der Waals surface area contributed by atoms with Gasteiger partial charge in [0.1, 0.15) is 39.7 Å². The molecule has 1 aliphatic heterocycles. The van der Waals surface area contributed by atoms with Crippen LogP contribution in [0.3, 0.4) is 0 Å². The van der Waals surface area contributed by atoms with Gasteiger partial charge in [0.2, 0.25) is 5.91 Å². The lowest BCUT2D eigenvalue weighted by Crippen LogP contribution is -2.41. The Bertz CT molecular complexity index is 1880.